The van der Waals surface area contributed by atoms with Crippen molar-refractivity contribution in [2.45, 2.75) is 38.5 Å². The van der Waals surface area contributed by atoms with Crippen LogP contribution in [-0.4, -0.2) is 10.3 Å². The first-order valence-corrected chi connectivity index (χ1v) is 6.74. The van der Waals surface area contributed by atoms with Gasteiger partial charge in [0.1, 0.15) is 0 Å². The Morgan fingerprint density at radius 1 is 0.917 bits per heavy atom. The molecular weight excluding hydrogens is 282 g/mol. The van der Waals surface area contributed by atoms with Crippen molar-refractivity contribution < 1.29 is 0 Å². The normalized spacial score (nSPS) is 11.2. The summed E-state index contributed by atoms with van der Waals surface area (Å²) < 4.78 is 1.14. The van der Waals surface area contributed by atoms with Crippen molar-refractivity contribution in [3.05, 3.63) is 12.2 Å². The summed E-state index contributed by atoms with van der Waals surface area (Å²) in [7, 11) is 0. The van der Waals surface area contributed by atoms with E-state index in [0.29, 0.717) is 0 Å². The Morgan fingerprint density at radius 2 is 1.58 bits per heavy atom. The largest absolute Gasteiger partial charge is 0.127 e. The van der Waals surface area contributed by atoms with Gasteiger partial charge < -0.3 is 0 Å². The van der Waals surface area contributed by atoms with Gasteiger partial charge >= 0.3 is 0 Å². The number of allylic oxidation sites excluding steroid dienone is 2. The molecule has 0 N–H and O–H groups in total. The second-order valence-electron chi connectivity index (χ2n) is 2.87. The van der Waals surface area contributed by atoms with Gasteiger partial charge in [0, 0.05) is 10.3 Å². The van der Waals surface area contributed by atoms with Crippen LogP contribution in [0.15, 0.2) is 12.2 Å². The topological polar surface area (TPSA) is 0 Å². The van der Waals surface area contributed by atoms with Crippen LogP contribution in [0.1, 0.15) is 38.5 Å². The second-order valence-corrected chi connectivity index (χ2v) is 4.13. The van der Waals surface area contributed by atoms with Crippen LogP contribution in [0.25, 0.3) is 0 Å². The van der Waals surface area contributed by atoms with E-state index in [1.807, 2.05) is 0 Å². The molecule has 0 spiro atoms. The lowest BCUT2D eigenvalue weighted by Crippen LogP contribution is -1.79. The molecule has 0 aromatic carbocycles. The molecule has 0 rings (SSSR count). The summed E-state index contributed by atoms with van der Waals surface area (Å²) in [5.74, 6) is 0.828. The van der Waals surface area contributed by atoms with E-state index >= 15 is 0 Å². The van der Waals surface area contributed by atoms with Crippen molar-refractivity contribution in [3.63, 3.8) is 0 Å². The quantitative estimate of drug-likeness (QED) is 0.267. The van der Waals surface area contributed by atoms with Crippen LogP contribution in [0.5, 0.6) is 0 Å². The van der Waals surface area contributed by atoms with E-state index in [1.165, 1.54) is 38.5 Å². The molecule has 72 valence electrons. The number of alkyl halides is 2. The predicted molar refractivity (Wildman–Crippen MR) is 66.4 cm³/mol. The first-order chi connectivity index (χ1) is 5.91. The summed E-state index contributed by atoms with van der Waals surface area (Å²) in [6.45, 7) is 0. The zero-order valence-electron chi connectivity index (χ0n) is 7.57. The SMILES string of the molecule is ClCCCCCCCC=CCI. The van der Waals surface area contributed by atoms with Gasteiger partial charge in [0.15, 0.2) is 0 Å². The van der Waals surface area contributed by atoms with E-state index in [2.05, 4.69) is 34.7 Å². The van der Waals surface area contributed by atoms with E-state index in [-0.39, 0.29) is 0 Å². The molecule has 0 saturated carbocycles. The van der Waals surface area contributed by atoms with E-state index < -0.39 is 0 Å². The minimum Gasteiger partial charge on any atom is -0.127 e. The fraction of sp³-hybridized carbons (Fsp3) is 0.800. The Kier molecular flexibility index (Phi) is 12.5. The standard InChI is InChI=1S/C10H18ClI/c11-9-7-5-3-1-2-4-6-8-10-12/h6,8H,1-5,7,9-10H2. The Labute approximate surface area is 94.9 Å². The third-order valence-corrected chi connectivity index (χ3v) is 2.54. The molecular formula is C10H18ClI. The van der Waals surface area contributed by atoms with Gasteiger partial charge in [-0.3, -0.25) is 0 Å². The third-order valence-electron chi connectivity index (χ3n) is 1.76. The molecule has 0 amide bonds. The number of hydrogen-bond acceptors (Lipinski definition) is 0. The van der Waals surface area contributed by atoms with Crippen molar-refractivity contribution in [1.82, 2.24) is 0 Å². The minimum absolute atomic E-state index is 0.828. The maximum atomic E-state index is 5.57. The van der Waals surface area contributed by atoms with Crippen molar-refractivity contribution in [1.29, 1.82) is 0 Å². The van der Waals surface area contributed by atoms with Crippen LogP contribution in [0, 0.1) is 0 Å². The van der Waals surface area contributed by atoms with Gasteiger partial charge in [0.2, 0.25) is 0 Å². The summed E-state index contributed by atoms with van der Waals surface area (Å²) >= 11 is 7.94. The molecule has 0 aliphatic heterocycles. The number of rotatable bonds is 8. The Morgan fingerprint density at radius 3 is 2.25 bits per heavy atom. The van der Waals surface area contributed by atoms with Gasteiger partial charge in [-0.25, -0.2) is 0 Å². The van der Waals surface area contributed by atoms with Crippen molar-refractivity contribution in [2.24, 2.45) is 0 Å². The lowest BCUT2D eigenvalue weighted by Gasteiger charge is -1.96. The molecule has 0 heterocycles. The van der Waals surface area contributed by atoms with Crippen LogP contribution in [-0.2, 0) is 0 Å². The summed E-state index contributed by atoms with van der Waals surface area (Å²) in [6, 6.07) is 0. The molecule has 0 unspecified atom stereocenters. The first kappa shape index (κ1) is 12.8. The molecule has 0 aromatic heterocycles. The van der Waals surface area contributed by atoms with Gasteiger partial charge in [-0.1, -0.05) is 54.0 Å². The Balaban J connectivity index is 2.86. The molecule has 0 radical (unpaired) electrons. The lowest BCUT2D eigenvalue weighted by molar-refractivity contribution is 0.639. The molecule has 12 heavy (non-hydrogen) atoms. The summed E-state index contributed by atoms with van der Waals surface area (Å²) in [4.78, 5) is 0. The smallest absolute Gasteiger partial charge is 0.0223 e. The van der Waals surface area contributed by atoms with Gasteiger partial charge in [-0.15, -0.1) is 11.6 Å². The number of unbranched alkanes of at least 4 members (excludes halogenated alkanes) is 5. The van der Waals surface area contributed by atoms with Crippen LogP contribution in [0.4, 0.5) is 0 Å². The highest BCUT2D eigenvalue weighted by Crippen LogP contribution is 2.06. The van der Waals surface area contributed by atoms with E-state index in [1.54, 1.807) is 0 Å². The highest BCUT2D eigenvalue weighted by molar-refractivity contribution is 14.1. The molecule has 0 aliphatic carbocycles. The molecule has 0 aromatic rings. The van der Waals surface area contributed by atoms with Crippen LogP contribution in [0.2, 0.25) is 0 Å². The van der Waals surface area contributed by atoms with Crippen LogP contribution >= 0.6 is 34.2 Å². The van der Waals surface area contributed by atoms with Gasteiger partial charge in [0.25, 0.3) is 0 Å². The van der Waals surface area contributed by atoms with Crippen LogP contribution in [0.3, 0.4) is 0 Å². The fourth-order valence-electron chi connectivity index (χ4n) is 1.07. The molecule has 0 bridgehead atoms. The lowest BCUT2D eigenvalue weighted by atomic mass is 10.1. The van der Waals surface area contributed by atoms with E-state index in [0.717, 1.165) is 10.3 Å². The second kappa shape index (κ2) is 11.8. The third kappa shape index (κ3) is 10.8. The number of halogens is 2. The van der Waals surface area contributed by atoms with Gasteiger partial charge in [-0.2, -0.15) is 0 Å². The number of hydrogen-bond donors (Lipinski definition) is 0. The summed E-state index contributed by atoms with van der Waals surface area (Å²) in [5, 5.41) is 0. The average molecular weight is 301 g/mol. The first-order valence-electron chi connectivity index (χ1n) is 4.68. The Hall–Kier alpha value is 0.760. The van der Waals surface area contributed by atoms with Crippen molar-refractivity contribution in [3.8, 4) is 0 Å². The molecule has 0 nitrogen and oxygen atoms in total. The molecule has 0 fully saturated rings. The highest BCUT2D eigenvalue weighted by atomic mass is 127. The molecule has 0 saturated heterocycles. The molecule has 2 heteroatoms. The maximum absolute atomic E-state index is 5.57. The predicted octanol–water partition coefficient (Wildman–Crippen LogP) is 4.56. The van der Waals surface area contributed by atoms with Crippen LogP contribution < -0.4 is 0 Å². The van der Waals surface area contributed by atoms with Crippen molar-refractivity contribution >= 4 is 34.2 Å². The molecule has 0 atom stereocenters. The summed E-state index contributed by atoms with van der Waals surface area (Å²) in [5.41, 5.74) is 0. The summed E-state index contributed by atoms with van der Waals surface area (Å²) in [6.07, 6.45) is 12.3. The maximum Gasteiger partial charge on any atom is 0.0223 e. The van der Waals surface area contributed by atoms with Crippen molar-refractivity contribution in [2.75, 3.05) is 10.3 Å². The average Bonchev–Trinajstić information content (AvgIpc) is 2.10. The van der Waals surface area contributed by atoms with Gasteiger partial charge in [-0.05, 0) is 19.3 Å². The molecule has 0 aliphatic rings. The zero-order chi connectivity index (χ0) is 9.07. The monoisotopic (exact) mass is 300 g/mol. The van der Waals surface area contributed by atoms with E-state index in [9.17, 15) is 0 Å². The zero-order valence-corrected chi connectivity index (χ0v) is 10.5. The van der Waals surface area contributed by atoms with Gasteiger partial charge in [0.05, 0.1) is 0 Å². The Bertz CT molecular complexity index is 102. The van der Waals surface area contributed by atoms with E-state index in [4.69, 9.17) is 11.6 Å². The highest BCUT2D eigenvalue weighted by Gasteiger charge is 1.87. The fourth-order valence-corrected chi connectivity index (χ4v) is 1.62. The minimum atomic E-state index is 0.828.